The van der Waals surface area contributed by atoms with Gasteiger partial charge in [0.15, 0.2) is 0 Å². The Morgan fingerprint density at radius 2 is 2.11 bits per heavy atom. The number of carboxylic acid groups (broad SMARTS) is 1. The molecular formula is C6H12O3. The van der Waals surface area contributed by atoms with Crippen LogP contribution >= 0.6 is 0 Å². The predicted octanol–water partition coefficient (Wildman–Crippen LogP) is 0.624. The number of carbonyl (C=O) groups is 1. The molecule has 0 aliphatic carbocycles. The standard InChI is InChI=1S/C6H12O3/c7-5-3-1-2-4-6(8)9/h7H,1-5H2,(H,8,9)/i5D2. The van der Waals surface area contributed by atoms with Crippen LogP contribution in [0.4, 0.5) is 0 Å². The third kappa shape index (κ3) is 7.43. The van der Waals surface area contributed by atoms with Gasteiger partial charge in [0.25, 0.3) is 0 Å². The van der Waals surface area contributed by atoms with Crippen LogP contribution in [0.15, 0.2) is 0 Å². The van der Waals surface area contributed by atoms with E-state index in [1.807, 2.05) is 0 Å². The fourth-order valence-electron chi connectivity index (χ4n) is 0.480. The monoisotopic (exact) mass is 134 g/mol. The molecule has 0 rings (SSSR count). The summed E-state index contributed by atoms with van der Waals surface area (Å²) in [5.41, 5.74) is 0. The number of rotatable bonds is 5. The number of hydrogen-bond acceptors (Lipinski definition) is 2. The van der Waals surface area contributed by atoms with E-state index < -0.39 is 12.5 Å². The molecule has 0 saturated heterocycles. The maximum atomic E-state index is 9.97. The zero-order valence-corrected chi connectivity index (χ0v) is 5.13. The lowest BCUT2D eigenvalue weighted by Crippen LogP contribution is -1.94. The minimum Gasteiger partial charge on any atom is -0.481 e. The van der Waals surface area contributed by atoms with Crippen LogP contribution in [0.5, 0.6) is 0 Å². The summed E-state index contributed by atoms with van der Waals surface area (Å²) in [7, 11) is 0. The van der Waals surface area contributed by atoms with E-state index in [4.69, 9.17) is 13.0 Å². The van der Waals surface area contributed by atoms with Crippen molar-refractivity contribution in [1.29, 1.82) is 0 Å². The van der Waals surface area contributed by atoms with Crippen molar-refractivity contribution in [3.05, 3.63) is 0 Å². The average Bonchev–Trinajstić information content (AvgIpc) is 1.78. The largest absolute Gasteiger partial charge is 0.481 e. The van der Waals surface area contributed by atoms with Gasteiger partial charge in [-0.05, 0) is 12.8 Å². The summed E-state index contributed by atoms with van der Waals surface area (Å²) in [5, 5.41) is 16.8. The Kier molecular flexibility index (Phi) is 3.24. The van der Waals surface area contributed by atoms with E-state index in [9.17, 15) is 4.79 Å². The van der Waals surface area contributed by atoms with Gasteiger partial charge in [-0.25, -0.2) is 0 Å². The molecule has 0 radical (unpaired) electrons. The van der Waals surface area contributed by atoms with Crippen molar-refractivity contribution in [2.24, 2.45) is 0 Å². The molecule has 0 atom stereocenters. The van der Waals surface area contributed by atoms with Gasteiger partial charge >= 0.3 is 5.97 Å². The fraction of sp³-hybridized carbons (Fsp3) is 0.833. The SMILES string of the molecule is [2H]C([2H])(O)CCCCC(=O)O. The first kappa shape index (κ1) is 5.23. The van der Waals surface area contributed by atoms with Crippen LogP contribution in [0.2, 0.25) is 0 Å². The van der Waals surface area contributed by atoms with Crippen molar-refractivity contribution in [2.75, 3.05) is 6.56 Å². The van der Waals surface area contributed by atoms with Gasteiger partial charge in [0.1, 0.15) is 0 Å². The second kappa shape index (κ2) is 5.56. The van der Waals surface area contributed by atoms with Crippen LogP contribution in [0.25, 0.3) is 0 Å². The van der Waals surface area contributed by atoms with Gasteiger partial charge < -0.3 is 10.2 Å². The van der Waals surface area contributed by atoms with E-state index in [-0.39, 0.29) is 12.8 Å². The van der Waals surface area contributed by atoms with Crippen LogP contribution < -0.4 is 0 Å². The van der Waals surface area contributed by atoms with E-state index in [1.54, 1.807) is 0 Å². The maximum absolute atomic E-state index is 9.97. The first-order valence-electron chi connectivity index (χ1n) is 3.86. The third-order valence-electron chi connectivity index (χ3n) is 0.929. The Bertz CT molecular complexity index is 130. The molecule has 0 saturated carbocycles. The summed E-state index contributed by atoms with van der Waals surface area (Å²) in [6.07, 6.45) is 0.849. The van der Waals surface area contributed by atoms with Crippen molar-refractivity contribution in [3.8, 4) is 0 Å². The van der Waals surface area contributed by atoms with Gasteiger partial charge in [-0.1, -0.05) is 6.42 Å². The van der Waals surface area contributed by atoms with Crippen LogP contribution in [0.1, 0.15) is 28.4 Å². The average molecular weight is 134 g/mol. The lowest BCUT2D eigenvalue weighted by Gasteiger charge is -1.92. The van der Waals surface area contributed by atoms with Gasteiger partial charge in [0, 0.05) is 13.0 Å². The molecule has 3 heteroatoms. The molecule has 0 amide bonds. The molecule has 0 aromatic heterocycles. The van der Waals surface area contributed by atoms with Crippen molar-refractivity contribution >= 4 is 5.97 Å². The Labute approximate surface area is 57.1 Å². The molecular weight excluding hydrogens is 120 g/mol. The smallest absolute Gasteiger partial charge is 0.303 e. The summed E-state index contributed by atoms with van der Waals surface area (Å²) in [6, 6.07) is 0. The topological polar surface area (TPSA) is 57.5 Å². The highest BCUT2D eigenvalue weighted by Crippen LogP contribution is 1.97. The lowest BCUT2D eigenvalue weighted by molar-refractivity contribution is -0.137. The molecule has 0 heterocycles. The maximum Gasteiger partial charge on any atom is 0.303 e. The molecule has 0 unspecified atom stereocenters. The molecule has 0 aliphatic rings. The minimum absolute atomic E-state index is 0.000278. The normalized spacial score (nSPS) is 14.3. The lowest BCUT2D eigenvalue weighted by atomic mass is 10.2. The van der Waals surface area contributed by atoms with Crippen LogP contribution in [-0.2, 0) is 4.79 Å². The van der Waals surface area contributed by atoms with Crippen molar-refractivity contribution in [1.82, 2.24) is 0 Å². The van der Waals surface area contributed by atoms with Crippen molar-refractivity contribution in [2.45, 2.75) is 25.7 Å². The van der Waals surface area contributed by atoms with Gasteiger partial charge in [-0.3, -0.25) is 4.79 Å². The highest BCUT2D eigenvalue weighted by molar-refractivity contribution is 5.66. The zero-order valence-electron chi connectivity index (χ0n) is 7.13. The molecule has 9 heavy (non-hydrogen) atoms. The number of unbranched alkanes of at least 4 members (excludes halogenated alkanes) is 1. The molecule has 0 bridgehead atoms. The summed E-state index contributed by atoms with van der Waals surface area (Å²) in [5.74, 6) is -0.886. The van der Waals surface area contributed by atoms with Gasteiger partial charge in [-0.2, -0.15) is 0 Å². The van der Waals surface area contributed by atoms with Crippen LogP contribution in [0, 0.1) is 0 Å². The highest BCUT2D eigenvalue weighted by Gasteiger charge is 1.94. The molecule has 0 aliphatic heterocycles. The van der Waals surface area contributed by atoms with E-state index >= 15 is 0 Å². The molecule has 0 aromatic rings. The predicted molar refractivity (Wildman–Crippen MR) is 33.2 cm³/mol. The third-order valence-corrected chi connectivity index (χ3v) is 0.929. The summed E-state index contributed by atoms with van der Waals surface area (Å²) in [6.45, 7) is -2.15. The Balaban J connectivity index is 3.22. The fourth-order valence-corrected chi connectivity index (χ4v) is 0.480. The van der Waals surface area contributed by atoms with Crippen LogP contribution in [0.3, 0.4) is 0 Å². The molecule has 0 spiro atoms. The number of aliphatic carboxylic acids is 1. The van der Waals surface area contributed by atoms with Crippen molar-refractivity contribution in [3.63, 3.8) is 0 Å². The Hall–Kier alpha value is -0.570. The molecule has 0 aromatic carbocycles. The summed E-state index contributed by atoms with van der Waals surface area (Å²) < 4.78 is 13.4. The summed E-state index contributed by atoms with van der Waals surface area (Å²) in [4.78, 5) is 9.97. The minimum atomic E-state index is -2.15. The quantitative estimate of drug-likeness (QED) is 0.542. The van der Waals surface area contributed by atoms with E-state index in [0.29, 0.717) is 12.8 Å². The van der Waals surface area contributed by atoms with Gasteiger partial charge in [-0.15, -0.1) is 0 Å². The van der Waals surface area contributed by atoms with Gasteiger partial charge in [0.05, 0.1) is 2.74 Å². The number of carboxylic acids is 1. The number of aliphatic hydroxyl groups is 1. The first-order chi connectivity index (χ1) is 4.92. The number of hydrogen-bond donors (Lipinski definition) is 2. The van der Waals surface area contributed by atoms with Crippen molar-refractivity contribution < 1.29 is 17.7 Å². The zero-order chi connectivity index (χ0) is 8.91. The first-order valence-corrected chi connectivity index (χ1v) is 2.86. The highest BCUT2D eigenvalue weighted by atomic mass is 16.4. The summed E-state index contributed by atoms with van der Waals surface area (Å²) >= 11 is 0. The second-order valence-corrected chi connectivity index (χ2v) is 1.76. The molecule has 54 valence electrons. The second-order valence-electron chi connectivity index (χ2n) is 1.76. The van der Waals surface area contributed by atoms with Gasteiger partial charge in [0.2, 0.25) is 0 Å². The van der Waals surface area contributed by atoms with Crippen LogP contribution in [-0.4, -0.2) is 22.7 Å². The van der Waals surface area contributed by atoms with E-state index in [2.05, 4.69) is 0 Å². The Morgan fingerprint density at radius 3 is 2.56 bits per heavy atom. The Morgan fingerprint density at radius 1 is 1.44 bits per heavy atom. The van der Waals surface area contributed by atoms with E-state index in [1.165, 1.54) is 0 Å². The molecule has 3 nitrogen and oxygen atoms in total. The molecule has 0 fully saturated rings. The van der Waals surface area contributed by atoms with E-state index in [0.717, 1.165) is 0 Å². The molecule has 2 N–H and O–H groups in total.